The van der Waals surface area contributed by atoms with E-state index in [4.69, 9.17) is 16.3 Å². The largest absolute Gasteiger partial charge is 0.495 e. The van der Waals surface area contributed by atoms with Crippen molar-refractivity contribution in [3.05, 3.63) is 62.8 Å². The Morgan fingerprint density at radius 1 is 1.21 bits per heavy atom. The van der Waals surface area contributed by atoms with Crippen LogP contribution in [-0.2, 0) is 0 Å². The van der Waals surface area contributed by atoms with Crippen LogP contribution in [0.25, 0.3) is 0 Å². The van der Waals surface area contributed by atoms with Gasteiger partial charge in [-0.3, -0.25) is 4.79 Å². The second-order valence-corrected chi connectivity index (χ2v) is 5.16. The highest BCUT2D eigenvalue weighted by atomic mass is 79.9. The number of ketones is 1. The normalized spacial score (nSPS) is 10.3. The zero-order chi connectivity index (χ0) is 14.0. The van der Waals surface area contributed by atoms with Gasteiger partial charge < -0.3 is 4.74 Å². The maximum Gasteiger partial charge on any atom is 0.193 e. The lowest BCUT2D eigenvalue weighted by atomic mass is 10.0. The average Bonchev–Trinajstić information content (AvgIpc) is 2.36. The maximum atomic E-state index is 13.3. The van der Waals surface area contributed by atoms with Crippen molar-refractivity contribution in [1.82, 2.24) is 0 Å². The van der Waals surface area contributed by atoms with E-state index in [2.05, 4.69) is 15.9 Å². The molecule has 0 bridgehead atoms. The Kier molecular flexibility index (Phi) is 4.22. The van der Waals surface area contributed by atoms with Gasteiger partial charge in [-0.25, -0.2) is 4.39 Å². The van der Waals surface area contributed by atoms with Crippen LogP contribution in [0.5, 0.6) is 5.75 Å². The van der Waals surface area contributed by atoms with Crippen molar-refractivity contribution in [2.45, 2.75) is 0 Å². The number of rotatable bonds is 3. The number of halogens is 3. The van der Waals surface area contributed by atoms with E-state index in [1.807, 2.05) is 0 Å². The molecule has 0 aliphatic carbocycles. The summed E-state index contributed by atoms with van der Waals surface area (Å²) >= 11 is 9.12. The fourth-order valence-corrected chi connectivity index (χ4v) is 2.38. The van der Waals surface area contributed by atoms with Crippen molar-refractivity contribution in [2.24, 2.45) is 0 Å². The predicted molar refractivity (Wildman–Crippen MR) is 75.5 cm³/mol. The Hall–Kier alpha value is -1.39. The quantitative estimate of drug-likeness (QED) is 0.768. The molecule has 2 nitrogen and oxygen atoms in total. The van der Waals surface area contributed by atoms with Crippen molar-refractivity contribution < 1.29 is 13.9 Å². The Balaban J connectivity index is 2.41. The summed E-state index contributed by atoms with van der Waals surface area (Å²) < 4.78 is 18.8. The molecule has 0 heterocycles. The second-order valence-electron chi connectivity index (χ2n) is 3.84. The molecule has 0 aliphatic heterocycles. The van der Waals surface area contributed by atoms with Crippen molar-refractivity contribution in [2.75, 3.05) is 7.11 Å². The van der Waals surface area contributed by atoms with Crippen molar-refractivity contribution in [3.8, 4) is 5.75 Å². The summed E-state index contributed by atoms with van der Waals surface area (Å²) in [4.78, 5) is 12.2. The molecule has 0 unspecified atom stereocenters. The standard InChI is InChI=1S/C14H9BrClFO2/c1-19-13-3-2-8(6-12(13)16)14(18)9-4-10(15)7-11(17)5-9/h2-7H,1H3. The van der Waals surface area contributed by atoms with Gasteiger partial charge in [0.2, 0.25) is 0 Å². The monoisotopic (exact) mass is 342 g/mol. The minimum atomic E-state index is -0.475. The minimum Gasteiger partial charge on any atom is -0.495 e. The van der Waals surface area contributed by atoms with Crippen LogP contribution < -0.4 is 4.74 Å². The van der Waals surface area contributed by atoms with E-state index in [1.165, 1.54) is 25.3 Å². The summed E-state index contributed by atoms with van der Waals surface area (Å²) in [7, 11) is 1.49. The Bertz CT molecular complexity index is 623. The van der Waals surface area contributed by atoms with E-state index in [0.717, 1.165) is 0 Å². The molecule has 2 aromatic rings. The van der Waals surface area contributed by atoms with E-state index < -0.39 is 5.82 Å². The third-order valence-electron chi connectivity index (χ3n) is 2.54. The molecule has 0 aliphatic rings. The first-order chi connectivity index (χ1) is 9.01. The molecule has 0 saturated carbocycles. The van der Waals surface area contributed by atoms with Crippen LogP contribution in [0.3, 0.4) is 0 Å². The highest BCUT2D eigenvalue weighted by Crippen LogP contribution is 2.26. The summed E-state index contributed by atoms with van der Waals surface area (Å²) in [6.45, 7) is 0. The Labute approximate surface area is 123 Å². The highest BCUT2D eigenvalue weighted by Gasteiger charge is 2.13. The van der Waals surface area contributed by atoms with Gasteiger partial charge in [-0.15, -0.1) is 0 Å². The van der Waals surface area contributed by atoms with Crippen LogP contribution in [0.15, 0.2) is 40.9 Å². The van der Waals surface area contributed by atoms with E-state index in [0.29, 0.717) is 20.8 Å². The van der Waals surface area contributed by atoms with Crippen LogP contribution in [0, 0.1) is 5.82 Å². The maximum absolute atomic E-state index is 13.3. The molecule has 0 radical (unpaired) electrons. The molecule has 98 valence electrons. The van der Waals surface area contributed by atoms with Crippen LogP contribution in [0.1, 0.15) is 15.9 Å². The molecule has 0 spiro atoms. The van der Waals surface area contributed by atoms with Gasteiger partial charge in [-0.1, -0.05) is 27.5 Å². The molecule has 0 aromatic heterocycles. The predicted octanol–water partition coefficient (Wildman–Crippen LogP) is 4.48. The molecule has 19 heavy (non-hydrogen) atoms. The summed E-state index contributed by atoms with van der Waals surface area (Å²) in [6, 6.07) is 8.73. The van der Waals surface area contributed by atoms with E-state index >= 15 is 0 Å². The molecule has 2 aromatic carbocycles. The molecule has 0 N–H and O–H groups in total. The van der Waals surface area contributed by atoms with Gasteiger partial charge in [0.25, 0.3) is 0 Å². The molecule has 0 amide bonds. The second kappa shape index (κ2) is 5.72. The lowest BCUT2D eigenvalue weighted by molar-refractivity contribution is 0.103. The van der Waals surface area contributed by atoms with Crippen LogP contribution in [-0.4, -0.2) is 12.9 Å². The smallest absolute Gasteiger partial charge is 0.193 e. The number of hydrogen-bond acceptors (Lipinski definition) is 2. The molecule has 0 fully saturated rings. The summed E-state index contributed by atoms with van der Waals surface area (Å²) in [5, 5.41) is 0.337. The Morgan fingerprint density at radius 3 is 2.53 bits per heavy atom. The molecule has 0 atom stereocenters. The van der Waals surface area contributed by atoms with E-state index in [9.17, 15) is 9.18 Å². The average molecular weight is 344 g/mol. The van der Waals surface area contributed by atoms with Crippen molar-refractivity contribution in [3.63, 3.8) is 0 Å². The lowest BCUT2D eigenvalue weighted by Crippen LogP contribution is -2.02. The van der Waals surface area contributed by atoms with Gasteiger partial charge in [-0.2, -0.15) is 0 Å². The number of hydrogen-bond donors (Lipinski definition) is 0. The fourth-order valence-electron chi connectivity index (χ4n) is 1.66. The zero-order valence-electron chi connectivity index (χ0n) is 9.91. The summed E-state index contributed by atoms with van der Waals surface area (Å²) in [5.41, 5.74) is 0.636. The first-order valence-corrected chi connectivity index (χ1v) is 6.52. The third kappa shape index (κ3) is 3.14. The van der Waals surface area contributed by atoms with Crippen LogP contribution >= 0.6 is 27.5 Å². The molecule has 0 saturated heterocycles. The first-order valence-electron chi connectivity index (χ1n) is 5.35. The van der Waals surface area contributed by atoms with Crippen LogP contribution in [0.4, 0.5) is 4.39 Å². The van der Waals surface area contributed by atoms with Gasteiger partial charge >= 0.3 is 0 Å². The zero-order valence-corrected chi connectivity index (χ0v) is 12.3. The molecular weight excluding hydrogens is 335 g/mol. The summed E-state index contributed by atoms with van der Waals surface area (Å²) in [6.07, 6.45) is 0. The SMILES string of the molecule is COc1ccc(C(=O)c2cc(F)cc(Br)c2)cc1Cl. The van der Waals surface area contributed by atoms with Gasteiger partial charge in [-0.05, 0) is 36.4 Å². The van der Waals surface area contributed by atoms with Crippen LogP contribution in [0.2, 0.25) is 5.02 Å². The van der Waals surface area contributed by atoms with Gasteiger partial charge in [0.15, 0.2) is 5.78 Å². The van der Waals surface area contributed by atoms with Crippen molar-refractivity contribution >= 4 is 33.3 Å². The fraction of sp³-hybridized carbons (Fsp3) is 0.0714. The van der Waals surface area contributed by atoms with Gasteiger partial charge in [0, 0.05) is 15.6 Å². The molecular formula is C14H9BrClFO2. The molecule has 5 heteroatoms. The number of benzene rings is 2. The number of ether oxygens (including phenoxy) is 1. The van der Waals surface area contributed by atoms with Gasteiger partial charge in [0.05, 0.1) is 12.1 Å². The minimum absolute atomic E-state index is 0.258. The van der Waals surface area contributed by atoms with E-state index in [1.54, 1.807) is 18.2 Å². The third-order valence-corrected chi connectivity index (χ3v) is 3.29. The first kappa shape index (κ1) is 14.0. The number of carbonyl (C=O) groups is 1. The number of carbonyl (C=O) groups excluding carboxylic acids is 1. The van der Waals surface area contributed by atoms with E-state index in [-0.39, 0.29) is 11.3 Å². The summed E-state index contributed by atoms with van der Waals surface area (Å²) in [5.74, 6) is -0.291. The van der Waals surface area contributed by atoms with Gasteiger partial charge in [0.1, 0.15) is 11.6 Å². The Morgan fingerprint density at radius 2 is 1.95 bits per heavy atom. The highest BCUT2D eigenvalue weighted by molar-refractivity contribution is 9.10. The van der Waals surface area contributed by atoms with Crippen molar-refractivity contribution in [1.29, 1.82) is 0 Å². The lowest BCUT2D eigenvalue weighted by Gasteiger charge is -2.06. The topological polar surface area (TPSA) is 26.3 Å². The number of methoxy groups -OCH3 is 1. The molecule has 2 rings (SSSR count).